The van der Waals surface area contributed by atoms with Gasteiger partial charge in [-0.1, -0.05) is 48.5 Å². The van der Waals surface area contributed by atoms with Gasteiger partial charge in [0, 0.05) is 6.54 Å². The van der Waals surface area contributed by atoms with Crippen molar-refractivity contribution in [3.63, 3.8) is 0 Å². The number of rotatable bonds is 10. The molecular formula is C23H31N3. The molecule has 0 bridgehead atoms. The second-order valence-corrected chi connectivity index (χ2v) is 7.07. The van der Waals surface area contributed by atoms with Gasteiger partial charge in [-0.25, -0.2) is 0 Å². The maximum absolute atomic E-state index is 5.70. The summed E-state index contributed by atoms with van der Waals surface area (Å²) in [4.78, 5) is 2.58. The van der Waals surface area contributed by atoms with Crippen LogP contribution in [-0.2, 0) is 6.54 Å². The van der Waals surface area contributed by atoms with E-state index in [-0.39, 0.29) is 0 Å². The lowest BCUT2D eigenvalue weighted by atomic mass is 9.96. The zero-order valence-electron chi connectivity index (χ0n) is 15.7. The predicted octanol–water partition coefficient (Wildman–Crippen LogP) is 4.27. The van der Waals surface area contributed by atoms with E-state index in [1.807, 2.05) is 0 Å². The Bertz CT molecular complexity index is 764. The van der Waals surface area contributed by atoms with Gasteiger partial charge in [0.15, 0.2) is 0 Å². The smallest absolute Gasteiger partial charge is 0.0246 e. The first-order valence-corrected chi connectivity index (χ1v) is 9.85. The predicted molar refractivity (Wildman–Crippen MR) is 113 cm³/mol. The van der Waals surface area contributed by atoms with E-state index < -0.39 is 0 Å². The minimum Gasteiger partial charge on any atom is -0.330 e. The molecule has 0 heterocycles. The van der Waals surface area contributed by atoms with Crippen LogP contribution >= 0.6 is 0 Å². The Labute approximate surface area is 157 Å². The van der Waals surface area contributed by atoms with E-state index in [1.165, 1.54) is 27.1 Å². The summed E-state index contributed by atoms with van der Waals surface area (Å²) in [6.45, 7) is 4.72. The van der Waals surface area contributed by atoms with E-state index in [4.69, 9.17) is 11.5 Å². The summed E-state index contributed by atoms with van der Waals surface area (Å²) in [6.07, 6.45) is 4.48. The van der Waals surface area contributed by atoms with E-state index in [0.29, 0.717) is 0 Å². The third kappa shape index (κ3) is 4.61. The van der Waals surface area contributed by atoms with Crippen LogP contribution in [0.2, 0.25) is 0 Å². The van der Waals surface area contributed by atoms with Crippen LogP contribution in [0.15, 0.2) is 54.6 Å². The van der Waals surface area contributed by atoms with Crippen molar-refractivity contribution in [1.29, 1.82) is 0 Å². The first-order valence-electron chi connectivity index (χ1n) is 9.85. The van der Waals surface area contributed by atoms with E-state index >= 15 is 0 Å². The highest BCUT2D eigenvalue weighted by atomic mass is 15.1. The lowest BCUT2D eigenvalue weighted by Crippen LogP contribution is -2.26. The Morgan fingerprint density at radius 3 is 1.65 bits per heavy atom. The molecule has 0 radical (unpaired) electrons. The summed E-state index contributed by atoms with van der Waals surface area (Å²) in [6, 6.07) is 19.8. The minimum absolute atomic E-state index is 0.772. The topological polar surface area (TPSA) is 55.3 Å². The van der Waals surface area contributed by atoms with Gasteiger partial charge in [-0.15, -0.1) is 0 Å². The fourth-order valence-electron chi connectivity index (χ4n) is 3.73. The fraction of sp³-hybridized carbons (Fsp3) is 0.391. The van der Waals surface area contributed by atoms with Crippen LogP contribution in [0.25, 0.3) is 21.5 Å². The average molecular weight is 350 g/mol. The van der Waals surface area contributed by atoms with Crippen molar-refractivity contribution in [3.05, 3.63) is 60.2 Å². The SMILES string of the molecule is NCCCCN(CCCCN)Cc1c2ccccc2cc2ccccc12. The van der Waals surface area contributed by atoms with Gasteiger partial charge < -0.3 is 11.5 Å². The average Bonchev–Trinajstić information content (AvgIpc) is 2.68. The van der Waals surface area contributed by atoms with Crippen molar-refractivity contribution in [3.8, 4) is 0 Å². The van der Waals surface area contributed by atoms with Crippen molar-refractivity contribution < 1.29 is 0 Å². The van der Waals surface area contributed by atoms with Crippen molar-refractivity contribution in [2.75, 3.05) is 26.2 Å². The van der Waals surface area contributed by atoms with Crippen molar-refractivity contribution >= 4 is 21.5 Å². The highest BCUT2D eigenvalue weighted by Crippen LogP contribution is 2.29. The van der Waals surface area contributed by atoms with Gasteiger partial charge in [0.1, 0.15) is 0 Å². The maximum Gasteiger partial charge on any atom is 0.0246 e. The molecule has 0 aliphatic heterocycles. The molecule has 3 rings (SSSR count). The molecule has 0 saturated heterocycles. The number of fused-ring (bicyclic) bond motifs is 2. The summed E-state index contributed by atoms with van der Waals surface area (Å²) in [7, 11) is 0. The molecule has 3 nitrogen and oxygen atoms in total. The van der Waals surface area contributed by atoms with Crippen molar-refractivity contribution in [1.82, 2.24) is 4.90 Å². The monoisotopic (exact) mass is 349 g/mol. The summed E-state index contributed by atoms with van der Waals surface area (Å²) in [5.74, 6) is 0. The lowest BCUT2D eigenvalue weighted by Gasteiger charge is -2.24. The molecule has 0 aliphatic rings. The standard InChI is InChI=1S/C23H31N3/c24-13-5-7-15-26(16-8-6-14-25)18-23-21-11-3-1-9-19(21)17-20-10-2-4-12-22(20)23/h1-4,9-12,17H,5-8,13-16,18,24-25H2. The Balaban J connectivity index is 1.93. The Morgan fingerprint density at radius 1 is 0.654 bits per heavy atom. The lowest BCUT2D eigenvalue weighted by molar-refractivity contribution is 0.257. The van der Waals surface area contributed by atoms with Crippen LogP contribution in [0.4, 0.5) is 0 Å². The van der Waals surface area contributed by atoms with E-state index in [0.717, 1.165) is 58.4 Å². The van der Waals surface area contributed by atoms with Gasteiger partial charge in [0.25, 0.3) is 0 Å². The number of benzene rings is 3. The molecule has 3 heteroatoms. The van der Waals surface area contributed by atoms with Crippen LogP contribution in [0.5, 0.6) is 0 Å². The Kier molecular flexibility index (Phi) is 7.01. The van der Waals surface area contributed by atoms with Crippen LogP contribution in [0.3, 0.4) is 0 Å². The van der Waals surface area contributed by atoms with Gasteiger partial charge in [-0.05, 0) is 85.0 Å². The van der Waals surface area contributed by atoms with E-state index in [2.05, 4.69) is 59.5 Å². The molecule has 0 atom stereocenters. The molecule has 3 aromatic rings. The van der Waals surface area contributed by atoms with Gasteiger partial charge in [-0.2, -0.15) is 0 Å². The van der Waals surface area contributed by atoms with Crippen LogP contribution in [-0.4, -0.2) is 31.1 Å². The zero-order chi connectivity index (χ0) is 18.2. The molecular weight excluding hydrogens is 318 g/mol. The van der Waals surface area contributed by atoms with Crippen LogP contribution in [0, 0.1) is 0 Å². The number of hydrogen-bond acceptors (Lipinski definition) is 3. The van der Waals surface area contributed by atoms with Gasteiger partial charge in [-0.3, -0.25) is 4.90 Å². The molecule has 4 N–H and O–H groups in total. The first kappa shape index (κ1) is 18.8. The van der Waals surface area contributed by atoms with Crippen molar-refractivity contribution in [2.24, 2.45) is 11.5 Å². The molecule has 26 heavy (non-hydrogen) atoms. The minimum atomic E-state index is 0.772. The number of nitrogens with two attached hydrogens (primary N) is 2. The van der Waals surface area contributed by atoms with Crippen LogP contribution < -0.4 is 11.5 Å². The van der Waals surface area contributed by atoms with Crippen LogP contribution in [0.1, 0.15) is 31.2 Å². The molecule has 0 saturated carbocycles. The molecule has 0 fully saturated rings. The second-order valence-electron chi connectivity index (χ2n) is 7.07. The quantitative estimate of drug-likeness (QED) is 0.424. The van der Waals surface area contributed by atoms with Gasteiger partial charge in [0.2, 0.25) is 0 Å². The molecule has 0 amide bonds. The Morgan fingerprint density at radius 2 is 1.15 bits per heavy atom. The summed E-state index contributed by atoms with van der Waals surface area (Å²) >= 11 is 0. The van der Waals surface area contributed by atoms with Crippen molar-refractivity contribution in [2.45, 2.75) is 32.2 Å². The second kappa shape index (κ2) is 9.67. The van der Waals surface area contributed by atoms with Gasteiger partial charge >= 0.3 is 0 Å². The number of unbranched alkanes of at least 4 members (excludes halogenated alkanes) is 2. The third-order valence-electron chi connectivity index (χ3n) is 5.12. The molecule has 0 aromatic heterocycles. The fourth-order valence-corrected chi connectivity index (χ4v) is 3.73. The maximum atomic E-state index is 5.70. The molecule has 0 unspecified atom stereocenters. The highest BCUT2D eigenvalue weighted by Gasteiger charge is 2.12. The third-order valence-corrected chi connectivity index (χ3v) is 5.12. The normalized spacial score (nSPS) is 11.7. The highest BCUT2D eigenvalue weighted by molar-refractivity contribution is 6.02. The number of nitrogens with zero attached hydrogens (tertiary/aromatic N) is 1. The Hall–Kier alpha value is -1.94. The van der Waals surface area contributed by atoms with E-state index in [1.54, 1.807) is 0 Å². The first-order chi connectivity index (χ1) is 12.8. The summed E-state index contributed by atoms with van der Waals surface area (Å²) in [5.41, 5.74) is 12.8. The summed E-state index contributed by atoms with van der Waals surface area (Å²) < 4.78 is 0. The van der Waals surface area contributed by atoms with E-state index in [9.17, 15) is 0 Å². The molecule has 0 aliphatic carbocycles. The zero-order valence-corrected chi connectivity index (χ0v) is 15.7. The van der Waals surface area contributed by atoms with Gasteiger partial charge in [0.05, 0.1) is 0 Å². The number of hydrogen-bond donors (Lipinski definition) is 2. The molecule has 138 valence electrons. The largest absolute Gasteiger partial charge is 0.330 e. The molecule has 0 spiro atoms. The molecule has 3 aromatic carbocycles. The summed E-state index contributed by atoms with van der Waals surface area (Å²) in [5, 5.41) is 5.39.